The fraction of sp³-hybridized carbons (Fsp3) is 0.571. The molecule has 16 heavy (non-hydrogen) atoms. The van der Waals surface area contributed by atoms with E-state index in [2.05, 4.69) is 57.8 Å². The summed E-state index contributed by atoms with van der Waals surface area (Å²) >= 11 is 2.67. The van der Waals surface area contributed by atoms with E-state index in [0.29, 0.717) is 0 Å². The smallest absolute Gasteiger partial charge is 0.0268 e. The van der Waals surface area contributed by atoms with E-state index in [4.69, 9.17) is 0 Å². The maximum Gasteiger partial charge on any atom is 0.0268 e. The van der Waals surface area contributed by atoms with Crippen molar-refractivity contribution >= 4 is 22.6 Å². The normalized spacial score (nSPS) is 34.2. The van der Waals surface area contributed by atoms with Crippen molar-refractivity contribution in [2.24, 2.45) is 5.92 Å². The zero-order valence-electron chi connectivity index (χ0n) is 9.48. The molecule has 2 fully saturated rings. The molecule has 1 saturated heterocycles. The highest BCUT2D eigenvalue weighted by Gasteiger charge is 2.42. The van der Waals surface area contributed by atoms with Crippen LogP contribution < -0.4 is 0 Å². The fourth-order valence-corrected chi connectivity index (χ4v) is 4.74. The Labute approximate surface area is 111 Å². The topological polar surface area (TPSA) is 3.24 Å². The molecule has 0 bridgehead atoms. The van der Waals surface area contributed by atoms with E-state index >= 15 is 0 Å². The van der Waals surface area contributed by atoms with Gasteiger partial charge in [0.15, 0.2) is 0 Å². The van der Waals surface area contributed by atoms with Gasteiger partial charge in [-0.25, -0.2) is 0 Å². The minimum atomic E-state index is 0.862. The van der Waals surface area contributed by atoms with E-state index in [1.165, 1.54) is 31.4 Å². The molecule has 1 nitrogen and oxygen atoms in total. The molecule has 1 unspecified atom stereocenters. The van der Waals surface area contributed by atoms with Gasteiger partial charge in [0.1, 0.15) is 0 Å². The lowest BCUT2D eigenvalue weighted by atomic mass is 10.0. The van der Waals surface area contributed by atoms with Crippen molar-refractivity contribution in [3.8, 4) is 0 Å². The SMILES string of the molecule is IC1CC[C@@H]2CCN(Cc3ccccc3)[C@H]12. The second kappa shape index (κ2) is 4.65. The van der Waals surface area contributed by atoms with Gasteiger partial charge in [0, 0.05) is 16.5 Å². The molecule has 1 aliphatic heterocycles. The number of likely N-dealkylation sites (tertiary alicyclic amines) is 1. The van der Waals surface area contributed by atoms with E-state index in [-0.39, 0.29) is 0 Å². The summed E-state index contributed by atoms with van der Waals surface area (Å²) in [6.45, 7) is 2.46. The van der Waals surface area contributed by atoms with Gasteiger partial charge in [-0.1, -0.05) is 52.9 Å². The number of hydrogen-bond acceptors (Lipinski definition) is 1. The summed E-state index contributed by atoms with van der Waals surface area (Å²) in [5, 5.41) is 0. The molecule has 1 heterocycles. The van der Waals surface area contributed by atoms with Gasteiger partial charge in [-0.2, -0.15) is 0 Å². The molecule has 1 aromatic rings. The predicted molar refractivity (Wildman–Crippen MR) is 75.8 cm³/mol. The number of benzene rings is 1. The summed E-state index contributed by atoms with van der Waals surface area (Å²) in [5.41, 5.74) is 1.47. The molecule has 0 N–H and O–H groups in total. The van der Waals surface area contributed by atoms with E-state index in [9.17, 15) is 0 Å². The molecule has 1 saturated carbocycles. The highest BCUT2D eigenvalue weighted by molar-refractivity contribution is 14.1. The monoisotopic (exact) mass is 327 g/mol. The molecule has 0 spiro atoms. The Hall–Kier alpha value is -0.0900. The van der Waals surface area contributed by atoms with Crippen molar-refractivity contribution in [3.05, 3.63) is 35.9 Å². The van der Waals surface area contributed by atoms with Crippen LogP contribution in [0.3, 0.4) is 0 Å². The molecule has 0 radical (unpaired) electrons. The molecule has 1 aliphatic carbocycles. The fourth-order valence-electron chi connectivity index (χ4n) is 3.34. The summed E-state index contributed by atoms with van der Waals surface area (Å²) in [6, 6.07) is 11.8. The molecule has 0 amide bonds. The standard InChI is InChI=1S/C14H18IN/c15-13-7-6-12-8-9-16(14(12)13)10-11-4-2-1-3-5-11/h1-5,12-14H,6-10H2/t12-,13?,14+/m1/s1. The van der Waals surface area contributed by atoms with Crippen LogP contribution >= 0.6 is 22.6 Å². The highest BCUT2D eigenvalue weighted by Crippen LogP contribution is 2.42. The van der Waals surface area contributed by atoms with Gasteiger partial charge < -0.3 is 0 Å². The molecular formula is C14H18IN. The van der Waals surface area contributed by atoms with E-state index in [1.807, 2.05) is 0 Å². The zero-order valence-corrected chi connectivity index (χ0v) is 11.6. The summed E-state index contributed by atoms with van der Waals surface area (Å²) in [5.74, 6) is 0.991. The first-order valence-corrected chi connectivity index (χ1v) is 7.51. The van der Waals surface area contributed by atoms with Crippen molar-refractivity contribution in [3.63, 3.8) is 0 Å². The maximum absolute atomic E-state index is 2.71. The molecule has 2 heteroatoms. The number of nitrogens with zero attached hydrogens (tertiary/aromatic N) is 1. The second-order valence-electron chi connectivity index (χ2n) is 5.09. The number of fused-ring (bicyclic) bond motifs is 1. The van der Waals surface area contributed by atoms with E-state index < -0.39 is 0 Å². The second-order valence-corrected chi connectivity index (χ2v) is 6.69. The Balaban J connectivity index is 1.72. The average Bonchev–Trinajstić information content (AvgIpc) is 2.86. The molecule has 3 atom stereocenters. The Morgan fingerprint density at radius 1 is 1.12 bits per heavy atom. The summed E-state index contributed by atoms with van der Waals surface area (Å²) < 4.78 is 0.883. The minimum Gasteiger partial charge on any atom is -0.295 e. The van der Waals surface area contributed by atoms with Crippen LogP contribution in [0, 0.1) is 5.92 Å². The van der Waals surface area contributed by atoms with Crippen LogP contribution in [-0.2, 0) is 6.54 Å². The molecule has 86 valence electrons. The van der Waals surface area contributed by atoms with Crippen molar-refractivity contribution in [1.82, 2.24) is 4.90 Å². The quantitative estimate of drug-likeness (QED) is 0.594. The molecule has 1 aromatic carbocycles. The lowest BCUT2D eigenvalue weighted by Crippen LogP contribution is -2.35. The first-order chi connectivity index (χ1) is 7.84. The zero-order chi connectivity index (χ0) is 11.0. The van der Waals surface area contributed by atoms with Crippen LogP contribution in [-0.4, -0.2) is 21.4 Å². The predicted octanol–water partition coefficient (Wildman–Crippen LogP) is 3.47. The third-order valence-electron chi connectivity index (χ3n) is 4.10. The van der Waals surface area contributed by atoms with Gasteiger partial charge in [0.2, 0.25) is 0 Å². The van der Waals surface area contributed by atoms with Crippen molar-refractivity contribution in [1.29, 1.82) is 0 Å². The first kappa shape index (κ1) is 11.0. The lowest BCUT2D eigenvalue weighted by Gasteiger charge is -2.26. The summed E-state index contributed by atoms with van der Waals surface area (Å²) in [4.78, 5) is 2.71. The first-order valence-electron chi connectivity index (χ1n) is 6.26. The van der Waals surface area contributed by atoms with Crippen LogP contribution in [0.2, 0.25) is 0 Å². The van der Waals surface area contributed by atoms with Gasteiger partial charge >= 0.3 is 0 Å². The third-order valence-corrected chi connectivity index (χ3v) is 5.46. The molecule has 3 rings (SSSR count). The van der Waals surface area contributed by atoms with Crippen molar-refractivity contribution in [2.75, 3.05) is 6.54 Å². The number of alkyl halides is 1. The largest absolute Gasteiger partial charge is 0.295 e. The summed E-state index contributed by atoms with van der Waals surface area (Å²) in [7, 11) is 0. The van der Waals surface area contributed by atoms with Gasteiger partial charge in [0.05, 0.1) is 0 Å². The average molecular weight is 327 g/mol. The van der Waals surface area contributed by atoms with Gasteiger partial charge in [-0.05, 0) is 37.3 Å². The number of halogens is 1. The van der Waals surface area contributed by atoms with Crippen LogP contribution in [0.5, 0.6) is 0 Å². The Bertz CT molecular complexity index is 351. The van der Waals surface area contributed by atoms with Crippen LogP contribution in [0.1, 0.15) is 24.8 Å². The Morgan fingerprint density at radius 2 is 1.94 bits per heavy atom. The van der Waals surface area contributed by atoms with Crippen molar-refractivity contribution < 1.29 is 0 Å². The molecule has 2 aliphatic rings. The number of hydrogen-bond donors (Lipinski definition) is 0. The van der Waals surface area contributed by atoms with Crippen LogP contribution in [0.4, 0.5) is 0 Å². The number of rotatable bonds is 2. The molecular weight excluding hydrogens is 309 g/mol. The molecule has 0 aromatic heterocycles. The van der Waals surface area contributed by atoms with E-state index in [0.717, 1.165) is 22.4 Å². The Morgan fingerprint density at radius 3 is 2.75 bits per heavy atom. The van der Waals surface area contributed by atoms with Crippen LogP contribution in [0.25, 0.3) is 0 Å². The van der Waals surface area contributed by atoms with Crippen molar-refractivity contribution in [2.45, 2.75) is 35.8 Å². The Kier molecular flexibility index (Phi) is 3.20. The van der Waals surface area contributed by atoms with E-state index in [1.54, 1.807) is 0 Å². The maximum atomic E-state index is 2.71. The van der Waals surface area contributed by atoms with Gasteiger partial charge in [-0.15, -0.1) is 0 Å². The minimum absolute atomic E-state index is 0.862. The lowest BCUT2D eigenvalue weighted by molar-refractivity contribution is 0.240. The van der Waals surface area contributed by atoms with Gasteiger partial charge in [0.25, 0.3) is 0 Å². The highest BCUT2D eigenvalue weighted by atomic mass is 127. The third kappa shape index (κ3) is 2.02. The summed E-state index contributed by atoms with van der Waals surface area (Å²) in [6.07, 6.45) is 4.32. The van der Waals surface area contributed by atoms with Crippen LogP contribution in [0.15, 0.2) is 30.3 Å². The van der Waals surface area contributed by atoms with Gasteiger partial charge in [-0.3, -0.25) is 4.90 Å².